The van der Waals surface area contributed by atoms with E-state index in [1.165, 1.54) is 5.56 Å². The SMILES string of the molecule is CCN(CC)C[C@@H](Cc1ccccc1)OC(=O)c1ccccc1. The maximum Gasteiger partial charge on any atom is 0.338 e. The maximum absolute atomic E-state index is 12.4. The molecule has 0 amide bonds. The molecule has 0 aliphatic carbocycles. The minimum absolute atomic E-state index is 0.148. The van der Waals surface area contributed by atoms with Crippen molar-refractivity contribution in [1.82, 2.24) is 4.90 Å². The van der Waals surface area contributed by atoms with Gasteiger partial charge in [-0.15, -0.1) is 0 Å². The zero-order chi connectivity index (χ0) is 16.5. The molecule has 0 saturated heterocycles. The number of benzene rings is 2. The number of carbonyl (C=O) groups is 1. The first-order chi connectivity index (χ1) is 11.2. The van der Waals surface area contributed by atoms with Crippen LogP contribution in [0.25, 0.3) is 0 Å². The molecule has 0 aliphatic heterocycles. The summed E-state index contributed by atoms with van der Waals surface area (Å²) in [5.74, 6) is -0.251. The minimum atomic E-state index is -0.251. The molecule has 0 unspecified atom stereocenters. The number of esters is 1. The van der Waals surface area contributed by atoms with Crippen molar-refractivity contribution in [1.29, 1.82) is 0 Å². The molecule has 2 aromatic rings. The Morgan fingerprint density at radius 3 is 2.09 bits per heavy atom. The van der Waals surface area contributed by atoms with E-state index in [0.29, 0.717) is 5.56 Å². The highest BCUT2D eigenvalue weighted by Gasteiger charge is 2.18. The van der Waals surface area contributed by atoms with Crippen LogP contribution in [0.5, 0.6) is 0 Å². The van der Waals surface area contributed by atoms with Crippen LogP contribution in [0.2, 0.25) is 0 Å². The second-order valence-corrected chi connectivity index (χ2v) is 5.57. The number of hydrogen-bond acceptors (Lipinski definition) is 3. The Hall–Kier alpha value is -2.13. The molecule has 3 nitrogen and oxygen atoms in total. The van der Waals surface area contributed by atoms with Crippen molar-refractivity contribution in [3.8, 4) is 0 Å². The van der Waals surface area contributed by atoms with E-state index < -0.39 is 0 Å². The van der Waals surface area contributed by atoms with Gasteiger partial charge in [0.1, 0.15) is 6.10 Å². The zero-order valence-corrected chi connectivity index (χ0v) is 13.9. The van der Waals surface area contributed by atoms with Gasteiger partial charge in [0.15, 0.2) is 0 Å². The van der Waals surface area contributed by atoms with Crippen molar-refractivity contribution in [3.05, 3.63) is 71.8 Å². The van der Waals surface area contributed by atoms with Gasteiger partial charge in [0, 0.05) is 13.0 Å². The second-order valence-electron chi connectivity index (χ2n) is 5.57. The van der Waals surface area contributed by atoms with Gasteiger partial charge in [-0.25, -0.2) is 4.79 Å². The molecule has 0 fully saturated rings. The molecule has 23 heavy (non-hydrogen) atoms. The van der Waals surface area contributed by atoms with E-state index in [1.807, 2.05) is 36.4 Å². The lowest BCUT2D eigenvalue weighted by atomic mass is 10.1. The van der Waals surface area contributed by atoms with E-state index in [-0.39, 0.29) is 12.1 Å². The Bertz CT molecular complexity index is 579. The predicted octanol–water partition coefficient (Wildman–Crippen LogP) is 3.80. The summed E-state index contributed by atoms with van der Waals surface area (Å²) in [4.78, 5) is 14.6. The summed E-state index contributed by atoms with van der Waals surface area (Å²) < 4.78 is 5.79. The van der Waals surface area contributed by atoms with Crippen LogP contribution in [-0.4, -0.2) is 36.6 Å². The van der Waals surface area contributed by atoms with Gasteiger partial charge in [-0.05, 0) is 30.8 Å². The summed E-state index contributed by atoms with van der Waals surface area (Å²) in [6.07, 6.45) is 0.584. The number of nitrogens with zero attached hydrogens (tertiary/aromatic N) is 1. The molecule has 3 heteroatoms. The van der Waals surface area contributed by atoms with E-state index in [0.717, 1.165) is 26.1 Å². The summed E-state index contributed by atoms with van der Waals surface area (Å²) in [7, 11) is 0. The molecular formula is C20H25NO2. The lowest BCUT2D eigenvalue weighted by Crippen LogP contribution is -2.36. The Morgan fingerprint density at radius 1 is 0.957 bits per heavy atom. The predicted molar refractivity (Wildman–Crippen MR) is 93.6 cm³/mol. The van der Waals surface area contributed by atoms with E-state index in [1.54, 1.807) is 12.1 Å². The first kappa shape index (κ1) is 17.2. The van der Waals surface area contributed by atoms with Gasteiger partial charge in [0.2, 0.25) is 0 Å². The van der Waals surface area contributed by atoms with Gasteiger partial charge in [-0.3, -0.25) is 0 Å². The third kappa shape index (κ3) is 5.53. The Morgan fingerprint density at radius 2 is 1.52 bits per heavy atom. The smallest absolute Gasteiger partial charge is 0.338 e. The third-order valence-electron chi connectivity index (χ3n) is 3.95. The fraction of sp³-hybridized carbons (Fsp3) is 0.350. The van der Waals surface area contributed by atoms with Gasteiger partial charge in [-0.1, -0.05) is 62.4 Å². The van der Waals surface area contributed by atoms with Crippen LogP contribution >= 0.6 is 0 Å². The van der Waals surface area contributed by atoms with Crippen LogP contribution in [0.1, 0.15) is 29.8 Å². The lowest BCUT2D eigenvalue weighted by molar-refractivity contribution is 0.0212. The molecule has 0 N–H and O–H groups in total. The number of rotatable bonds is 8. The van der Waals surface area contributed by atoms with Gasteiger partial charge in [0.25, 0.3) is 0 Å². The van der Waals surface area contributed by atoms with E-state index >= 15 is 0 Å². The molecule has 2 rings (SSSR count). The standard InChI is InChI=1S/C20H25NO2/c1-3-21(4-2)16-19(15-17-11-7-5-8-12-17)23-20(22)18-13-9-6-10-14-18/h5-14,19H,3-4,15-16H2,1-2H3/t19-/m1/s1. The molecule has 0 bridgehead atoms. The molecule has 0 aliphatic rings. The topological polar surface area (TPSA) is 29.5 Å². The number of carbonyl (C=O) groups excluding carboxylic acids is 1. The third-order valence-corrected chi connectivity index (χ3v) is 3.95. The fourth-order valence-corrected chi connectivity index (χ4v) is 2.58. The highest BCUT2D eigenvalue weighted by Crippen LogP contribution is 2.11. The summed E-state index contributed by atoms with van der Waals surface area (Å²) in [6.45, 7) is 6.90. The van der Waals surface area contributed by atoms with Crippen LogP contribution < -0.4 is 0 Å². The van der Waals surface area contributed by atoms with Crippen LogP contribution in [-0.2, 0) is 11.2 Å². The molecule has 2 aromatic carbocycles. The Kier molecular flexibility index (Phi) is 6.82. The van der Waals surface area contributed by atoms with E-state index in [9.17, 15) is 4.79 Å². The lowest BCUT2D eigenvalue weighted by Gasteiger charge is -2.25. The van der Waals surface area contributed by atoms with Crippen molar-refractivity contribution in [3.63, 3.8) is 0 Å². The highest BCUT2D eigenvalue weighted by atomic mass is 16.5. The molecule has 0 heterocycles. The van der Waals surface area contributed by atoms with Crippen molar-refractivity contribution < 1.29 is 9.53 Å². The summed E-state index contributed by atoms with van der Waals surface area (Å²) >= 11 is 0. The van der Waals surface area contributed by atoms with Gasteiger partial charge < -0.3 is 9.64 Å². The first-order valence-corrected chi connectivity index (χ1v) is 8.25. The molecule has 0 saturated carbocycles. The average Bonchev–Trinajstić information content (AvgIpc) is 2.61. The molecule has 0 spiro atoms. The number of hydrogen-bond donors (Lipinski definition) is 0. The van der Waals surface area contributed by atoms with Crippen LogP contribution in [0.4, 0.5) is 0 Å². The van der Waals surface area contributed by atoms with Gasteiger partial charge in [0.05, 0.1) is 5.56 Å². The Labute approximate surface area is 138 Å². The minimum Gasteiger partial charge on any atom is -0.457 e. The average molecular weight is 311 g/mol. The monoisotopic (exact) mass is 311 g/mol. The van der Waals surface area contributed by atoms with Crippen molar-refractivity contribution in [2.75, 3.05) is 19.6 Å². The largest absolute Gasteiger partial charge is 0.457 e. The van der Waals surface area contributed by atoms with Crippen LogP contribution in [0, 0.1) is 0 Å². The maximum atomic E-state index is 12.4. The zero-order valence-electron chi connectivity index (χ0n) is 13.9. The molecule has 0 radical (unpaired) electrons. The normalized spacial score (nSPS) is 12.1. The van der Waals surface area contributed by atoms with Crippen molar-refractivity contribution in [2.24, 2.45) is 0 Å². The van der Waals surface area contributed by atoms with E-state index in [4.69, 9.17) is 4.74 Å². The molecule has 0 aromatic heterocycles. The van der Waals surface area contributed by atoms with Crippen molar-refractivity contribution >= 4 is 5.97 Å². The number of ether oxygens (including phenoxy) is 1. The summed E-state index contributed by atoms with van der Waals surface area (Å²) in [6, 6.07) is 19.4. The molecule has 1 atom stereocenters. The molecule has 122 valence electrons. The first-order valence-electron chi connectivity index (χ1n) is 8.25. The summed E-state index contributed by atoms with van der Waals surface area (Å²) in [5, 5.41) is 0. The van der Waals surface area contributed by atoms with E-state index in [2.05, 4.69) is 30.9 Å². The number of likely N-dealkylation sites (N-methyl/N-ethyl adjacent to an activating group) is 1. The van der Waals surface area contributed by atoms with Crippen LogP contribution in [0.3, 0.4) is 0 Å². The molecular weight excluding hydrogens is 286 g/mol. The highest BCUT2D eigenvalue weighted by molar-refractivity contribution is 5.89. The van der Waals surface area contributed by atoms with Crippen LogP contribution in [0.15, 0.2) is 60.7 Å². The quantitative estimate of drug-likeness (QED) is 0.695. The second kappa shape index (κ2) is 9.11. The van der Waals surface area contributed by atoms with Crippen molar-refractivity contribution in [2.45, 2.75) is 26.4 Å². The fourth-order valence-electron chi connectivity index (χ4n) is 2.58. The Balaban J connectivity index is 2.07. The van der Waals surface area contributed by atoms with Gasteiger partial charge >= 0.3 is 5.97 Å². The van der Waals surface area contributed by atoms with Gasteiger partial charge in [-0.2, -0.15) is 0 Å². The summed E-state index contributed by atoms with van der Waals surface area (Å²) in [5.41, 5.74) is 1.79.